The molecule has 0 aliphatic heterocycles. The third kappa shape index (κ3) is 4.59. The Balaban J connectivity index is 2.05. The summed E-state index contributed by atoms with van der Waals surface area (Å²) in [5.41, 5.74) is 0. The van der Waals surface area contributed by atoms with Gasteiger partial charge in [-0.25, -0.2) is 0 Å². The standard InChI is InChI=1S/C13H22O2/c1-2-3-8-12(14)9-4-6-11-7-5-10-13(11)15/h11H,2-10H2,1H3. The summed E-state index contributed by atoms with van der Waals surface area (Å²) in [5.74, 6) is 1.09. The van der Waals surface area contributed by atoms with Crippen molar-refractivity contribution in [2.45, 2.75) is 64.7 Å². The molecule has 1 rings (SSSR count). The Bertz CT molecular complexity index is 221. The molecule has 0 saturated heterocycles. The predicted molar refractivity (Wildman–Crippen MR) is 60.7 cm³/mol. The summed E-state index contributed by atoms with van der Waals surface area (Å²) in [6.45, 7) is 2.10. The predicted octanol–water partition coefficient (Wildman–Crippen LogP) is 3.29. The zero-order valence-electron chi connectivity index (χ0n) is 9.76. The van der Waals surface area contributed by atoms with E-state index in [-0.39, 0.29) is 5.92 Å². The molecule has 0 aromatic rings. The lowest BCUT2D eigenvalue weighted by Crippen LogP contribution is -2.07. The minimum Gasteiger partial charge on any atom is -0.300 e. The molecule has 1 aliphatic rings. The average molecular weight is 210 g/mol. The maximum absolute atomic E-state index is 11.4. The monoisotopic (exact) mass is 210 g/mol. The fourth-order valence-corrected chi connectivity index (χ4v) is 2.24. The molecule has 15 heavy (non-hydrogen) atoms. The van der Waals surface area contributed by atoms with Gasteiger partial charge in [-0.2, -0.15) is 0 Å². The van der Waals surface area contributed by atoms with E-state index in [9.17, 15) is 9.59 Å². The van der Waals surface area contributed by atoms with Crippen molar-refractivity contribution in [1.29, 1.82) is 0 Å². The summed E-state index contributed by atoms with van der Waals surface area (Å²) < 4.78 is 0. The molecule has 0 aromatic heterocycles. The van der Waals surface area contributed by atoms with Crippen LogP contribution in [0, 0.1) is 5.92 Å². The van der Waals surface area contributed by atoms with Crippen molar-refractivity contribution in [3.05, 3.63) is 0 Å². The second-order valence-corrected chi connectivity index (χ2v) is 4.59. The molecule has 0 spiro atoms. The number of unbranched alkanes of at least 4 members (excludes halogenated alkanes) is 1. The highest BCUT2D eigenvalue weighted by Crippen LogP contribution is 2.26. The second kappa shape index (κ2) is 6.76. The number of carbonyl (C=O) groups is 2. The van der Waals surface area contributed by atoms with Gasteiger partial charge in [-0.15, -0.1) is 0 Å². The highest BCUT2D eigenvalue weighted by molar-refractivity contribution is 5.83. The Labute approximate surface area is 92.4 Å². The Morgan fingerprint density at radius 1 is 1.33 bits per heavy atom. The van der Waals surface area contributed by atoms with E-state index in [2.05, 4.69) is 6.92 Å². The van der Waals surface area contributed by atoms with Gasteiger partial charge in [0.15, 0.2) is 0 Å². The third-order valence-electron chi connectivity index (χ3n) is 3.25. The number of ketones is 2. The number of rotatable bonds is 7. The molecule has 0 heterocycles. The van der Waals surface area contributed by atoms with Crippen molar-refractivity contribution < 1.29 is 9.59 Å². The molecular formula is C13H22O2. The molecule has 1 fully saturated rings. The molecule has 2 heteroatoms. The zero-order chi connectivity index (χ0) is 11.1. The largest absolute Gasteiger partial charge is 0.300 e. The lowest BCUT2D eigenvalue weighted by Gasteiger charge is -2.06. The van der Waals surface area contributed by atoms with Crippen LogP contribution in [0.25, 0.3) is 0 Å². The van der Waals surface area contributed by atoms with Gasteiger partial charge in [-0.1, -0.05) is 13.3 Å². The van der Waals surface area contributed by atoms with Crippen LogP contribution in [0.1, 0.15) is 64.7 Å². The molecule has 0 amide bonds. The van der Waals surface area contributed by atoms with Crippen LogP contribution in [0.2, 0.25) is 0 Å². The molecule has 1 aliphatic carbocycles. The lowest BCUT2D eigenvalue weighted by molar-refractivity contribution is -0.122. The first-order valence-corrected chi connectivity index (χ1v) is 6.28. The van der Waals surface area contributed by atoms with Crippen molar-refractivity contribution >= 4 is 11.6 Å². The highest BCUT2D eigenvalue weighted by Gasteiger charge is 2.23. The van der Waals surface area contributed by atoms with Gasteiger partial charge in [0.05, 0.1) is 0 Å². The lowest BCUT2D eigenvalue weighted by atomic mass is 9.98. The maximum atomic E-state index is 11.4. The first-order valence-electron chi connectivity index (χ1n) is 6.28. The molecular weight excluding hydrogens is 188 g/mol. The Kier molecular flexibility index (Phi) is 5.59. The number of hydrogen-bond acceptors (Lipinski definition) is 2. The van der Waals surface area contributed by atoms with Gasteiger partial charge in [0.1, 0.15) is 11.6 Å². The van der Waals surface area contributed by atoms with E-state index in [1.807, 2.05) is 0 Å². The Morgan fingerprint density at radius 3 is 2.67 bits per heavy atom. The van der Waals surface area contributed by atoms with E-state index in [0.29, 0.717) is 18.0 Å². The van der Waals surface area contributed by atoms with E-state index in [4.69, 9.17) is 0 Å². The first kappa shape index (κ1) is 12.4. The van der Waals surface area contributed by atoms with Gasteiger partial charge in [0, 0.05) is 25.2 Å². The fourth-order valence-electron chi connectivity index (χ4n) is 2.24. The van der Waals surface area contributed by atoms with E-state index in [1.54, 1.807) is 0 Å². The van der Waals surface area contributed by atoms with Gasteiger partial charge in [-0.05, 0) is 32.1 Å². The normalized spacial score (nSPS) is 20.9. The Morgan fingerprint density at radius 2 is 2.07 bits per heavy atom. The summed E-state index contributed by atoms with van der Waals surface area (Å²) in [5, 5.41) is 0. The van der Waals surface area contributed by atoms with Gasteiger partial charge in [0.2, 0.25) is 0 Å². The van der Waals surface area contributed by atoms with Crippen LogP contribution in [-0.2, 0) is 9.59 Å². The minimum atomic E-state index is 0.281. The van der Waals surface area contributed by atoms with Gasteiger partial charge in [-0.3, -0.25) is 9.59 Å². The molecule has 0 aromatic carbocycles. The quantitative estimate of drug-likeness (QED) is 0.646. The summed E-state index contributed by atoms with van der Waals surface area (Å²) >= 11 is 0. The second-order valence-electron chi connectivity index (χ2n) is 4.59. The third-order valence-corrected chi connectivity index (χ3v) is 3.25. The Hall–Kier alpha value is -0.660. The van der Waals surface area contributed by atoms with Gasteiger partial charge < -0.3 is 0 Å². The van der Waals surface area contributed by atoms with Gasteiger partial charge >= 0.3 is 0 Å². The summed E-state index contributed by atoms with van der Waals surface area (Å²) in [4.78, 5) is 22.7. The van der Waals surface area contributed by atoms with Crippen LogP contribution in [0.5, 0.6) is 0 Å². The summed E-state index contributed by atoms with van der Waals surface area (Å²) in [6, 6.07) is 0. The smallest absolute Gasteiger partial charge is 0.135 e. The molecule has 1 atom stereocenters. The van der Waals surface area contributed by atoms with E-state index in [0.717, 1.165) is 51.4 Å². The van der Waals surface area contributed by atoms with Crippen molar-refractivity contribution in [2.24, 2.45) is 5.92 Å². The van der Waals surface area contributed by atoms with Gasteiger partial charge in [0.25, 0.3) is 0 Å². The summed E-state index contributed by atoms with van der Waals surface area (Å²) in [6.07, 6.45) is 8.27. The SMILES string of the molecule is CCCCC(=O)CCCC1CCCC1=O. The van der Waals surface area contributed by atoms with Crippen LogP contribution < -0.4 is 0 Å². The van der Waals surface area contributed by atoms with Crippen LogP contribution in [0.3, 0.4) is 0 Å². The molecule has 86 valence electrons. The number of hydrogen-bond donors (Lipinski definition) is 0. The maximum Gasteiger partial charge on any atom is 0.135 e. The van der Waals surface area contributed by atoms with Crippen LogP contribution >= 0.6 is 0 Å². The molecule has 0 N–H and O–H groups in total. The fraction of sp³-hybridized carbons (Fsp3) is 0.846. The van der Waals surface area contributed by atoms with E-state index < -0.39 is 0 Å². The topological polar surface area (TPSA) is 34.1 Å². The number of carbonyl (C=O) groups excluding carboxylic acids is 2. The van der Waals surface area contributed by atoms with Crippen LogP contribution in [0.15, 0.2) is 0 Å². The zero-order valence-corrected chi connectivity index (χ0v) is 9.76. The van der Waals surface area contributed by atoms with E-state index >= 15 is 0 Å². The average Bonchev–Trinajstić information content (AvgIpc) is 2.61. The minimum absolute atomic E-state index is 0.281. The highest BCUT2D eigenvalue weighted by atomic mass is 16.1. The van der Waals surface area contributed by atoms with Crippen LogP contribution in [0.4, 0.5) is 0 Å². The molecule has 2 nitrogen and oxygen atoms in total. The molecule has 0 bridgehead atoms. The summed E-state index contributed by atoms with van der Waals surface area (Å²) in [7, 11) is 0. The van der Waals surface area contributed by atoms with Crippen molar-refractivity contribution in [1.82, 2.24) is 0 Å². The molecule has 1 saturated carbocycles. The van der Waals surface area contributed by atoms with E-state index in [1.165, 1.54) is 0 Å². The van der Waals surface area contributed by atoms with Crippen molar-refractivity contribution in [3.63, 3.8) is 0 Å². The molecule has 0 radical (unpaired) electrons. The number of Topliss-reactive ketones (excluding diaryl/α,β-unsaturated/α-hetero) is 2. The first-order chi connectivity index (χ1) is 7.24. The van der Waals surface area contributed by atoms with Crippen LogP contribution in [-0.4, -0.2) is 11.6 Å². The molecule has 1 unspecified atom stereocenters. The van der Waals surface area contributed by atoms with Crippen molar-refractivity contribution in [2.75, 3.05) is 0 Å². The van der Waals surface area contributed by atoms with Crippen molar-refractivity contribution in [3.8, 4) is 0 Å².